The molecule has 4 heteroatoms. The first-order chi connectivity index (χ1) is 10.3. The van der Waals surface area contributed by atoms with E-state index in [4.69, 9.17) is 0 Å². The lowest BCUT2D eigenvalue weighted by Crippen LogP contribution is -2.34. The molecule has 0 unspecified atom stereocenters. The van der Waals surface area contributed by atoms with Gasteiger partial charge in [0.05, 0.1) is 12.0 Å². The summed E-state index contributed by atoms with van der Waals surface area (Å²) in [6.45, 7) is 6.06. The molecule has 0 aromatic heterocycles. The third-order valence-corrected chi connectivity index (χ3v) is 3.98. The molecule has 0 heterocycles. The minimum absolute atomic E-state index is 0.122. The van der Waals surface area contributed by atoms with Crippen molar-refractivity contribution in [2.45, 2.75) is 58.5 Å². The Bertz CT molecular complexity index is 492. The van der Waals surface area contributed by atoms with Gasteiger partial charge in [0, 0.05) is 25.5 Å². The second-order valence-electron chi connectivity index (χ2n) is 6.29. The highest BCUT2D eigenvalue weighted by Gasteiger charge is 2.28. The quantitative estimate of drug-likeness (QED) is 0.769. The van der Waals surface area contributed by atoms with E-state index in [1.54, 1.807) is 0 Å². The molecule has 1 amide bonds. The Morgan fingerprint density at radius 1 is 1.23 bits per heavy atom. The van der Waals surface area contributed by atoms with Gasteiger partial charge >= 0.3 is 0 Å². The molecule has 4 nitrogen and oxygen atoms in total. The highest BCUT2D eigenvalue weighted by molar-refractivity contribution is 5.93. The van der Waals surface area contributed by atoms with Crippen molar-refractivity contribution in [3.8, 4) is 0 Å². The normalized spacial score (nSPS) is 11.4. The smallest absolute Gasteiger partial charge is 0.227 e. The van der Waals surface area contributed by atoms with Crippen LogP contribution in [-0.4, -0.2) is 30.7 Å². The van der Waals surface area contributed by atoms with Crippen LogP contribution in [0.2, 0.25) is 0 Å². The van der Waals surface area contributed by atoms with Crippen molar-refractivity contribution in [2.75, 3.05) is 24.3 Å². The van der Waals surface area contributed by atoms with Crippen molar-refractivity contribution < 1.29 is 9.90 Å². The van der Waals surface area contributed by atoms with Gasteiger partial charge in [0.15, 0.2) is 0 Å². The largest absolute Gasteiger partial charge is 0.389 e. The fourth-order valence-corrected chi connectivity index (χ4v) is 2.97. The van der Waals surface area contributed by atoms with E-state index in [0.29, 0.717) is 12.8 Å². The van der Waals surface area contributed by atoms with E-state index < -0.39 is 5.60 Å². The predicted molar refractivity (Wildman–Crippen MR) is 93.5 cm³/mol. The van der Waals surface area contributed by atoms with Gasteiger partial charge in [-0.05, 0) is 37.5 Å². The summed E-state index contributed by atoms with van der Waals surface area (Å²) in [4.78, 5) is 14.3. The molecule has 124 valence electrons. The van der Waals surface area contributed by atoms with Crippen LogP contribution in [0.5, 0.6) is 0 Å². The minimum atomic E-state index is -0.888. The van der Waals surface area contributed by atoms with Crippen LogP contribution in [0.3, 0.4) is 0 Å². The van der Waals surface area contributed by atoms with Crippen molar-refractivity contribution in [1.82, 2.24) is 0 Å². The molecule has 1 aromatic carbocycles. The van der Waals surface area contributed by atoms with Crippen LogP contribution in [-0.2, 0) is 4.79 Å². The van der Waals surface area contributed by atoms with Gasteiger partial charge in [-0.25, -0.2) is 0 Å². The van der Waals surface area contributed by atoms with Crippen LogP contribution in [0.1, 0.15) is 51.5 Å². The Hall–Kier alpha value is -1.55. The predicted octanol–water partition coefficient (Wildman–Crippen LogP) is 3.72. The van der Waals surface area contributed by atoms with Crippen molar-refractivity contribution >= 4 is 17.3 Å². The third kappa shape index (κ3) is 5.02. The summed E-state index contributed by atoms with van der Waals surface area (Å²) in [6, 6.07) is 5.86. The average Bonchev–Trinajstić information content (AvgIpc) is 2.40. The molecular formula is C18H30N2O2. The van der Waals surface area contributed by atoms with E-state index >= 15 is 0 Å². The van der Waals surface area contributed by atoms with E-state index in [0.717, 1.165) is 29.8 Å². The van der Waals surface area contributed by atoms with Crippen LogP contribution < -0.4 is 10.2 Å². The molecule has 1 rings (SSSR count). The van der Waals surface area contributed by atoms with Crippen molar-refractivity contribution in [3.63, 3.8) is 0 Å². The fourth-order valence-electron chi connectivity index (χ4n) is 2.97. The molecule has 2 N–H and O–H groups in total. The Morgan fingerprint density at radius 2 is 1.82 bits per heavy atom. The van der Waals surface area contributed by atoms with Crippen molar-refractivity contribution in [2.24, 2.45) is 0 Å². The van der Waals surface area contributed by atoms with E-state index in [2.05, 4.69) is 5.32 Å². The van der Waals surface area contributed by atoms with Gasteiger partial charge in [0.25, 0.3) is 0 Å². The second kappa shape index (κ2) is 8.18. The number of amides is 1. The van der Waals surface area contributed by atoms with Crippen LogP contribution in [0.4, 0.5) is 11.4 Å². The summed E-state index contributed by atoms with van der Waals surface area (Å²) in [5.41, 5.74) is 2.04. The maximum atomic E-state index is 12.3. The Kier molecular flexibility index (Phi) is 6.88. The summed E-state index contributed by atoms with van der Waals surface area (Å²) in [5, 5.41) is 13.6. The van der Waals surface area contributed by atoms with Gasteiger partial charge in [0.2, 0.25) is 5.91 Å². The first-order valence-electron chi connectivity index (χ1n) is 8.12. The molecule has 0 radical (unpaired) electrons. The van der Waals surface area contributed by atoms with Gasteiger partial charge in [-0.15, -0.1) is 0 Å². The molecule has 0 aliphatic heterocycles. The first-order valence-corrected chi connectivity index (χ1v) is 8.12. The van der Waals surface area contributed by atoms with Gasteiger partial charge in [-0.2, -0.15) is 0 Å². The summed E-state index contributed by atoms with van der Waals surface area (Å²) >= 11 is 0. The molecule has 22 heavy (non-hydrogen) atoms. The molecule has 0 atom stereocenters. The summed E-state index contributed by atoms with van der Waals surface area (Å²) < 4.78 is 0. The molecule has 0 saturated carbocycles. The number of nitrogens with zero attached hydrogens (tertiary/aromatic N) is 1. The lowest BCUT2D eigenvalue weighted by Gasteiger charge is -2.27. The molecule has 0 spiro atoms. The number of benzene rings is 1. The minimum Gasteiger partial charge on any atom is -0.389 e. The maximum Gasteiger partial charge on any atom is 0.227 e. The van der Waals surface area contributed by atoms with E-state index in [-0.39, 0.29) is 12.3 Å². The third-order valence-electron chi connectivity index (χ3n) is 3.98. The second-order valence-corrected chi connectivity index (χ2v) is 6.29. The fraction of sp³-hybridized carbons (Fsp3) is 0.611. The maximum absolute atomic E-state index is 12.3. The highest BCUT2D eigenvalue weighted by Crippen LogP contribution is 2.27. The zero-order chi connectivity index (χ0) is 16.8. The van der Waals surface area contributed by atoms with Gasteiger partial charge in [0.1, 0.15) is 0 Å². The monoisotopic (exact) mass is 306 g/mol. The standard InChI is InChI=1S/C18H30N2O2/c1-6-11-18(22,12-7-2)13-17(21)19-15-9-8-10-16(14(15)3)20(4)5/h8-10,22H,6-7,11-13H2,1-5H3,(H,19,21). The molecule has 0 bridgehead atoms. The van der Waals surface area contributed by atoms with Crippen LogP contribution >= 0.6 is 0 Å². The Morgan fingerprint density at radius 3 is 2.32 bits per heavy atom. The molecule has 0 saturated heterocycles. The molecular weight excluding hydrogens is 276 g/mol. The zero-order valence-electron chi connectivity index (χ0n) is 14.6. The number of anilines is 2. The Labute approximate surface area is 134 Å². The summed E-state index contributed by atoms with van der Waals surface area (Å²) in [7, 11) is 3.96. The highest BCUT2D eigenvalue weighted by atomic mass is 16.3. The van der Waals surface area contributed by atoms with Gasteiger partial charge in [-0.1, -0.05) is 32.8 Å². The number of carbonyl (C=O) groups is 1. The van der Waals surface area contributed by atoms with Gasteiger partial charge < -0.3 is 15.3 Å². The number of nitrogens with one attached hydrogen (secondary N) is 1. The number of hydrogen-bond acceptors (Lipinski definition) is 3. The van der Waals surface area contributed by atoms with Crippen molar-refractivity contribution in [1.29, 1.82) is 0 Å². The average molecular weight is 306 g/mol. The summed E-state index contributed by atoms with van der Waals surface area (Å²) in [6.07, 6.45) is 3.22. The summed E-state index contributed by atoms with van der Waals surface area (Å²) in [5.74, 6) is -0.122. The topological polar surface area (TPSA) is 52.6 Å². The number of carbonyl (C=O) groups excluding carboxylic acids is 1. The van der Waals surface area contributed by atoms with Crippen LogP contribution in [0.15, 0.2) is 18.2 Å². The van der Waals surface area contributed by atoms with E-state index in [1.807, 2.05) is 58.0 Å². The lowest BCUT2D eigenvalue weighted by atomic mass is 9.89. The van der Waals surface area contributed by atoms with Crippen LogP contribution in [0.25, 0.3) is 0 Å². The number of rotatable bonds is 8. The van der Waals surface area contributed by atoms with Gasteiger partial charge in [-0.3, -0.25) is 4.79 Å². The SMILES string of the molecule is CCCC(O)(CCC)CC(=O)Nc1cccc(N(C)C)c1C. The Balaban J connectivity index is 2.82. The van der Waals surface area contributed by atoms with Crippen molar-refractivity contribution in [3.05, 3.63) is 23.8 Å². The molecule has 0 aliphatic rings. The molecule has 0 aliphatic carbocycles. The zero-order valence-corrected chi connectivity index (χ0v) is 14.6. The first kappa shape index (κ1) is 18.5. The van der Waals surface area contributed by atoms with E-state index in [9.17, 15) is 9.90 Å². The number of aliphatic hydroxyl groups is 1. The lowest BCUT2D eigenvalue weighted by molar-refractivity contribution is -0.121. The molecule has 0 fully saturated rings. The number of hydrogen-bond donors (Lipinski definition) is 2. The molecule has 1 aromatic rings. The van der Waals surface area contributed by atoms with Crippen LogP contribution in [0, 0.1) is 6.92 Å². The van der Waals surface area contributed by atoms with E-state index in [1.165, 1.54) is 0 Å².